The first-order valence-corrected chi connectivity index (χ1v) is 5.38. The van der Waals surface area contributed by atoms with Gasteiger partial charge in [-0.15, -0.1) is 0 Å². The minimum Gasteiger partial charge on any atom is -0.460 e. The number of carbonyl (C=O) groups excluding carboxylic acids is 2. The highest BCUT2D eigenvalue weighted by Crippen LogP contribution is 2.29. The van der Waals surface area contributed by atoms with Gasteiger partial charge >= 0.3 is 11.9 Å². The number of esters is 2. The van der Waals surface area contributed by atoms with Crippen molar-refractivity contribution in [2.75, 3.05) is 6.61 Å². The van der Waals surface area contributed by atoms with Crippen LogP contribution in [-0.2, 0) is 23.8 Å². The van der Waals surface area contributed by atoms with Gasteiger partial charge in [-0.3, -0.25) is 9.59 Å². The molecule has 0 saturated carbocycles. The first kappa shape index (κ1) is 13.0. The van der Waals surface area contributed by atoms with E-state index >= 15 is 0 Å². The molecule has 5 nitrogen and oxygen atoms in total. The predicted molar refractivity (Wildman–Crippen MR) is 55.4 cm³/mol. The van der Waals surface area contributed by atoms with Crippen LogP contribution in [0.5, 0.6) is 0 Å². The third-order valence-corrected chi connectivity index (χ3v) is 2.87. The molecule has 0 radical (unpaired) electrons. The van der Waals surface area contributed by atoms with Crippen LogP contribution >= 0.6 is 0 Å². The van der Waals surface area contributed by atoms with Crippen molar-refractivity contribution in [3.05, 3.63) is 0 Å². The van der Waals surface area contributed by atoms with Crippen LogP contribution in [0.1, 0.15) is 27.7 Å². The summed E-state index contributed by atoms with van der Waals surface area (Å²) in [7, 11) is 0. The van der Waals surface area contributed by atoms with Gasteiger partial charge in [0.2, 0.25) is 6.29 Å². The average molecular weight is 230 g/mol. The van der Waals surface area contributed by atoms with Crippen molar-refractivity contribution in [3.63, 3.8) is 0 Å². The maximum Gasteiger partial charge on any atom is 0.304 e. The molecule has 1 saturated heterocycles. The Morgan fingerprint density at radius 2 is 1.62 bits per heavy atom. The zero-order valence-electron chi connectivity index (χ0n) is 10.1. The van der Waals surface area contributed by atoms with Crippen LogP contribution in [0.15, 0.2) is 0 Å². The number of hydrogen-bond acceptors (Lipinski definition) is 5. The van der Waals surface area contributed by atoms with Crippen molar-refractivity contribution in [1.29, 1.82) is 0 Å². The van der Waals surface area contributed by atoms with E-state index in [0.717, 1.165) is 0 Å². The molecule has 0 bridgehead atoms. The zero-order chi connectivity index (χ0) is 12.3. The zero-order valence-corrected chi connectivity index (χ0v) is 10.1. The van der Waals surface area contributed by atoms with Gasteiger partial charge in [0.05, 0.1) is 6.61 Å². The lowest BCUT2D eigenvalue weighted by molar-refractivity contribution is -0.231. The Labute approximate surface area is 95.0 Å². The molecule has 1 aliphatic heterocycles. The second-order valence-corrected chi connectivity index (χ2v) is 4.18. The van der Waals surface area contributed by atoms with Crippen LogP contribution < -0.4 is 0 Å². The van der Waals surface area contributed by atoms with Gasteiger partial charge in [-0.1, -0.05) is 13.8 Å². The molecule has 4 atom stereocenters. The monoisotopic (exact) mass is 230 g/mol. The molecular formula is C11H18O5. The quantitative estimate of drug-likeness (QED) is 0.665. The van der Waals surface area contributed by atoms with Crippen molar-refractivity contribution in [2.45, 2.75) is 40.1 Å². The molecule has 0 aromatic rings. The van der Waals surface area contributed by atoms with Gasteiger partial charge < -0.3 is 14.2 Å². The molecular weight excluding hydrogens is 212 g/mol. The summed E-state index contributed by atoms with van der Waals surface area (Å²) in [5, 5.41) is 0. The minimum atomic E-state index is -0.542. The lowest BCUT2D eigenvalue weighted by Crippen LogP contribution is -2.46. The molecule has 1 fully saturated rings. The summed E-state index contributed by atoms with van der Waals surface area (Å²) in [4.78, 5) is 21.7. The van der Waals surface area contributed by atoms with Gasteiger partial charge in [-0.25, -0.2) is 0 Å². The highest BCUT2D eigenvalue weighted by molar-refractivity contribution is 5.66. The summed E-state index contributed by atoms with van der Waals surface area (Å²) in [6.45, 7) is 6.85. The molecule has 0 aliphatic carbocycles. The summed E-state index contributed by atoms with van der Waals surface area (Å²) in [5.74, 6) is -0.586. The molecule has 0 aromatic heterocycles. The van der Waals surface area contributed by atoms with E-state index in [0.29, 0.717) is 0 Å². The van der Waals surface area contributed by atoms with Crippen molar-refractivity contribution < 1.29 is 23.8 Å². The van der Waals surface area contributed by atoms with Crippen LogP contribution in [0.25, 0.3) is 0 Å². The van der Waals surface area contributed by atoms with E-state index in [1.54, 1.807) is 0 Å². The fourth-order valence-corrected chi connectivity index (χ4v) is 1.74. The molecule has 1 aliphatic rings. The molecule has 1 rings (SSSR count). The number of rotatable bonds is 2. The van der Waals surface area contributed by atoms with E-state index in [2.05, 4.69) is 0 Å². The van der Waals surface area contributed by atoms with Crippen LogP contribution in [0.2, 0.25) is 0 Å². The second-order valence-electron chi connectivity index (χ2n) is 4.18. The Morgan fingerprint density at radius 3 is 2.12 bits per heavy atom. The average Bonchev–Trinajstić information content (AvgIpc) is 2.16. The van der Waals surface area contributed by atoms with E-state index in [1.165, 1.54) is 13.8 Å². The normalized spacial score (nSPS) is 34.2. The molecule has 4 unspecified atom stereocenters. The first-order chi connectivity index (χ1) is 7.41. The minimum absolute atomic E-state index is 0.00185. The highest BCUT2D eigenvalue weighted by atomic mass is 16.7. The van der Waals surface area contributed by atoms with Crippen molar-refractivity contribution in [2.24, 2.45) is 11.8 Å². The highest BCUT2D eigenvalue weighted by Gasteiger charge is 2.38. The van der Waals surface area contributed by atoms with E-state index in [4.69, 9.17) is 14.2 Å². The number of hydrogen-bond donors (Lipinski definition) is 0. The summed E-state index contributed by atoms with van der Waals surface area (Å²) >= 11 is 0. The van der Waals surface area contributed by atoms with Gasteiger partial charge in [0.15, 0.2) is 0 Å². The van der Waals surface area contributed by atoms with Crippen LogP contribution in [-0.4, -0.2) is 30.9 Å². The Balaban J connectivity index is 2.57. The maximum atomic E-state index is 10.9. The first-order valence-electron chi connectivity index (χ1n) is 5.38. The van der Waals surface area contributed by atoms with Crippen molar-refractivity contribution in [1.82, 2.24) is 0 Å². The lowest BCUT2D eigenvalue weighted by Gasteiger charge is -2.38. The maximum absolute atomic E-state index is 10.9. The topological polar surface area (TPSA) is 61.8 Å². The van der Waals surface area contributed by atoms with E-state index < -0.39 is 6.29 Å². The molecule has 0 N–H and O–H groups in total. The Hall–Kier alpha value is -1.10. The SMILES string of the molecule is CC(=O)OC1COC(OC(C)=O)C(C)C1C. The summed E-state index contributed by atoms with van der Waals surface area (Å²) in [5.41, 5.74) is 0. The molecule has 0 amide bonds. The van der Waals surface area contributed by atoms with Gasteiger partial charge in [-0.05, 0) is 0 Å². The molecule has 92 valence electrons. The Kier molecular flexibility index (Phi) is 4.29. The third-order valence-electron chi connectivity index (χ3n) is 2.87. The number of ether oxygens (including phenoxy) is 3. The van der Waals surface area contributed by atoms with Crippen LogP contribution in [0, 0.1) is 11.8 Å². The van der Waals surface area contributed by atoms with E-state index in [1.807, 2.05) is 13.8 Å². The van der Waals surface area contributed by atoms with Crippen LogP contribution in [0.3, 0.4) is 0 Å². The predicted octanol–water partition coefficient (Wildman–Crippen LogP) is 1.11. The van der Waals surface area contributed by atoms with E-state index in [-0.39, 0.29) is 36.5 Å². The summed E-state index contributed by atoms with van der Waals surface area (Å²) in [6, 6.07) is 0. The molecule has 0 spiro atoms. The Morgan fingerprint density at radius 1 is 1.06 bits per heavy atom. The lowest BCUT2D eigenvalue weighted by atomic mass is 9.88. The number of carbonyl (C=O) groups is 2. The molecule has 1 heterocycles. The van der Waals surface area contributed by atoms with Crippen molar-refractivity contribution in [3.8, 4) is 0 Å². The summed E-state index contributed by atoms with van der Waals surface area (Å²) in [6.07, 6.45) is -0.807. The third kappa shape index (κ3) is 3.20. The van der Waals surface area contributed by atoms with Gasteiger partial charge in [-0.2, -0.15) is 0 Å². The van der Waals surface area contributed by atoms with Gasteiger partial charge in [0.25, 0.3) is 0 Å². The molecule has 0 aromatic carbocycles. The van der Waals surface area contributed by atoms with Crippen LogP contribution in [0.4, 0.5) is 0 Å². The summed E-state index contributed by atoms with van der Waals surface area (Å²) < 4.78 is 15.5. The molecule has 16 heavy (non-hydrogen) atoms. The van der Waals surface area contributed by atoms with Gasteiger partial charge in [0, 0.05) is 25.7 Å². The molecule has 5 heteroatoms. The van der Waals surface area contributed by atoms with Crippen molar-refractivity contribution >= 4 is 11.9 Å². The standard InChI is InChI=1S/C11H18O5/c1-6-7(2)11(16-9(4)13)14-5-10(6)15-8(3)12/h6-7,10-11H,5H2,1-4H3. The Bertz CT molecular complexity index is 248. The largest absolute Gasteiger partial charge is 0.460 e. The fraction of sp³-hybridized carbons (Fsp3) is 0.818. The smallest absolute Gasteiger partial charge is 0.304 e. The fourth-order valence-electron chi connectivity index (χ4n) is 1.74. The van der Waals surface area contributed by atoms with Gasteiger partial charge in [0.1, 0.15) is 6.10 Å². The second kappa shape index (κ2) is 5.30. The van der Waals surface area contributed by atoms with E-state index in [9.17, 15) is 9.59 Å².